The summed E-state index contributed by atoms with van der Waals surface area (Å²) in [5.41, 5.74) is 0. The lowest BCUT2D eigenvalue weighted by atomic mass is 10.2. The topological polar surface area (TPSA) is 57.5 Å². The third kappa shape index (κ3) is 5.31. The molecule has 0 aliphatic heterocycles. The van der Waals surface area contributed by atoms with Gasteiger partial charge in [-0.1, -0.05) is 19.1 Å². The number of carboxylic acids is 1. The zero-order chi connectivity index (χ0) is 7.98. The largest absolute Gasteiger partial charge is 0.481 e. The van der Waals surface area contributed by atoms with Crippen LogP contribution >= 0.6 is 0 Å². The zero-order valence-electron chi connectivity index (χ0n) is 5.95. The van der Waals surface area contributed by atoms with Crippen molar-refractivity contribution in [2.24, 2.45) is 0 Å². The zero-order valence-corrected chi connectivity index (χ0v) is 5.95. The standard InChI is InChI=1S/C7H12O3/c1-2-6(8)4-3-5-7(9)10/h3-4,6,8H,2,5H2,1H3,(H,9,10). The Bertz CT molecular complexity index is 129. The Morgan fingerprint density at radius 3 is 2.70 bits per heavy atom. The maximum Gasteiger partial charge on any atom is 0.307 e. The van der Waals surface area contributed by atoms with Gasteiger partial charge in [0.1, 0.15) is 0 Å². The van der Waals surface area contributed by atoms with Gasteiger partial charge in [0.15, 0.2) is 0 Å². The second-order valence-electron chi connectivity index (χ2n) is 2.00. The number of hydrogen-bond donors (Lipinski definition) is 2. The van der Waals surface area contributed by atoms with E-state index in [-0.39, 0.29) is 6.42 Å². The highest BCUT2D eigenvalue weighted by Crippen LogP contribution is 1.92. The summed E-state index contributed by atoms with van der Waals surface area (Å²) in [6.07, 6.45) is 3.05. The molecule has 10 heavy (non-hydrogen) atoms. The first-order chi connectivity index (χ1) is 4.66. The number of carboxylic acid groups (broad SMARTS) is 1. The van der Waals surface area contributed by atoms with Gasteiger partial charge in [0, 0.05) is 0 Å². The molecule has 1 unspecified atom stereocenters. The summed E-state index contributed by atoms with van der Waals surface area (Å²) in [6, 6.07) is 0. The van der Waals surface area contributed by atoms with Gasteiger partial charge in [0.05, 0.1) is 12.5 Å². The van der Waals surface area contributed by atoms with Crippen molar-refractivity contribution in [1.29, 1.82) is 0 Å². The average molecular weight is 144 g/mol. The molecule has 3 heteroatoms. The van der Waals surface area contributed by atoms with Crippen molar-refractivity contribution in [1.82, 2.24) is 0 Å². The highest BCUT2D eigenvalue weighted by molar-refractivity contribution is 5.68. The number of rotatable bonds is 4. The van der Waals surface area contributed by atoms with E-state index in [2.05, 4.69) is 0 Å². The van der Waals surface area contributed by atoms with E-state index in [1.807, 2.05) is 6.92 Å². The molecule has 0 aromatic rings. The van der Waals surface area contributed by atoms with Crippen molar-refractivity contribution in [2.75, 3.05) is 0 Å². The third-order valence-electron chi connectivity index (χ3n) is 1.07. The smallest absolute Gasteiger partial charge is 0.307 e. The van der Waals surface area contributed by atoms with E-state index >= 15 is 0 Å². The summed E-state index contributed by atoms with van der Waals surface area (Å²) >= 11 is 0. The summed E-state index contributed by atoms with van der Waals surface area (Å²) in [5, 5.41) is 17.1. The number of aliphatic carboxylic acids is 1. The molecule has 2 N–H and O–H groups in total. The quantitative estimate of drug-likeness (QED) is 0.573. The van der Waals surface area contributed by atoms with Crippen molar-refractivity contribution in [3.05, 3.63) is 12.2 Å². The third-order valence-corrected chi connectivity index (χ3v) is 1.07. The molecule has 58 valence electrons. The summed E-state index contributed by atoms with van der Waals surface area (Å²) in [4.78, 5) is 9.94. The normalized spacial score (nSPS) is 13.8. The molecule has 0 aliphatic rings. The number of aliphatic hydroxyl groups excluding tert-OH is 1. The molecule has 0 fully saturated rings. The van der Waals surface area contributed by atoms with Gasteiger partial charge in [-0.2, -0.15) is 0 Å². The summed E-state index contributed by atoms with van der Waals surface area (Å²) < 4.78 is 0. The molecule has 0 aromatic carbocycles. The second kappa shape index (κ2) is 4.99. The number of carbonyl (C=O) groups is 1. The van der Waals surface area contributed by atoms with Gasteiger partial charge >= 0.3 is 5.97 Å². The fourth-order valence-electron chi connectivity index (χ4n) is 0.462. The first kappa shape index (κ1) is 9.17. The van der Waals surface area contributed by atoms with Crippen LogP contribution in [0.15, 0.2) is 12.2 Å². The van der Waals surface area contributed by atoms with Gasteiger partial charge in [-0.05, 0) is 6.42 Å². The Hall–Kier alpha value is -0.830. The van der Waals surface area contributed by atoms with Crippen molar-refractivity contribution >= 4 is 5.97 Å². The van der Waals surface area contributed by atoms with Gasteiger partial charge in [-0.15, -0.1) is 0 Å². The van der Waals surface area contributed by atoms with Gasteiger partial charge in [0.2, 0.25) is 0 Å². The van der Waals surface area contributed by atoms with Gasteiger partial charge in [0.25, 0.3) is 0 Å². The Balaban J connectivity index is 3.45. The van der Waals surface area contributed by atoms with Crippen molar-refractivity contribution in [3.63, 3.8) is 0 Å². The van der Waals surface area contributed by atoms with Gasteiger partial charge < -0.3 is 10.2 Å². The van der Waals surface area contributed by atoms with Gasteiger partial charge in [-0.3, -0.25) is 4.79 Å². The Kier molecular flexibility index (Phi) is 4.58. The van der Waals surface area contributed by atoms with E-state index in [9.17, 15) is 4.79 Å². The molecular weight excluding hydrogens is 132 g/mol. The van der Waals surface area contributed by atoms with Gasteiger partial charge in [-0.25, -0.2) is 0 Å². The van der Waals surface area contributed by atoms with Crippen molar-refractivity contribution < 1.29 is 15.0 Å². The lowest BCUT2D eigenvalue weighted by Crippen LogP contribution is -1.99. The molecule has 0 aromatic heterocycles. The Morgan fingerprint density at radius 1 is 1.70 bits per heavy atom. The molecule has 1 atom stereocenters. The minimum absolute atomic E-state index is 0.0168. The van der Waals surface area contributed by atoms with E-state index in [0.717, 1.165) is 0 Å². The maximum atomic E-state index is 9.94. The van der Waals surface area contributed by atoms with E-state index in [0.29, 0.717) is 6.42 Å². The Labute approximate surface area is 60.0 Å². The predicted octanol–water partition coefficient (Wildman–Crippen LogP) is 0.788. The van der Waals surface area contributed by atoms with Crippen LogP contribution < -0.4 is 0 Å². The lowest BCUT2D eigenvalue weighted by Gasteiger charge is -1.96. The monoisotopic (exact) mass is 144 g/mol. The average Bonchev–Trinajstić information content (AvgIpc) is 1.87. The van der Waals surface area contributed by atoms with Crippen LogP contribution in [0.5, 0.6) is 0 Å². The van der Waals surface area contributed by atoms with E-state index in [1.54, 1.807) is 0 Å². The number of hydrogen-bond acceptors (Lipinski definition) is 2. The van der Waals surface area contributed by atoms with Crippen LogP contribution in [0.4, 0.5) is 0 Å². The fourth-order valence-corrected chi connectivity index (χ4v) is 0.462. The molecule has 0 radical (unpaired) electrons. The highest BCUT2D eigenvalue weighted by Gasteiger charge is 1.93. The first-order valence-electron chi connectivity index (χ1n) is 3.23. The molecule has 0 spiro atoms. The first-order valence-corrected chi connectivity index (χ1v) is 3.23. The minimum atomic E-state index is -0.875. The van der Waals surface area contributed by atoms with Crippen LogP contribution in [0.3, 0.4) is 0 Å². The summed E-state index contributed by atoms with van der Waals surface area (Å²) in [6.45, 7) is 1.83. The Morgan fingerprint density at radius 2 is 2.30 bits per heavy atom. The molecule has 3 nitrogen and oxygen atoms in total. The second-order valence-corrected chi connectivity index (χ2v) is 2.00. The van der Waals surface area contributed by atoms with Crippen molar-refractivity contribution in [3.8, 4) is 0 Å². The summed E-state index contributed by atoms with van der Waals surface area (Å²) in [5.74, 6) is -0.875. The molecule has 0 saturated carbocycles. The van der Waals surface area contributed by atoms with Crippen LogP contribution in [-0.4, -0.2) is 22.3 Å². The molecule has 0 heterocycles. The van der Waals surface area contributed by atoms with Crippen LogP contribution in [0.25, 0.3) is 0 Å². The molecule has 0 amide bonds. The SMILES string of the molecule is CCC(O)C=CCC(=O)O. The van der Waals surface area contributed by atoms with Crippen LogP contribution in [-0.2, 0) is 4.79 Å². The molecular formula is C7H12O3. The molecule has 0 bridgehead atoms. The maximum absolute atomic E-state index is 9.94. The highest BCUT2D eigenvalue weighted by atomic mass is 16.4. The minimum Gasteiger partial charge on any atom is -0.481 e. The van der Waals surface area contributed by atoms with E-state index in [1.165, 1.54) is 12.2 Å². The molecule has 0 saturated heterocycles. The molecule has 0 aliphatic carbocycles. The van der Waals surface area contributed by atoms with Crippen molar-refractivity contribution in [2.45, 2.75) is 25.9 Å². The van der Waals surface area contributed by atoms with E-state index < -0.39 is 12.1 Å². The molecule has 0 rings (SSSR count). The van der Waals surface area contributed by atoms with Crippen LogP contribution in [0.2, 0.25) is 0 Å². The van der Waals surface area contributed by atoms with E-state index in [4.69, 9.17) is 10.2 Å². The van der Waals surface area contributed by atoms with Crippen LogP contribution in [0, 0.1) is 0 Å². The predicted molar refractivity (Wildman–Crippen MR) is 37.7 cm³/mol. The fraction of sp³-hybridized carbons (Fsp3) is 0.571. The summed E-state index contributed by atoms with van der Waals surface area (Å²) in [7, 11) is 0. The number of aliphatic hydroxyl groups is 1. The lowest BCUT2D eigenvalue weighted by molar-refractivity contribution is -0.136. The van der Waals surface area contributed by atoms with Crippen LogP contribution in [0.1, 0.15) is 19.8 Å².